The first-order valence-corrected chi connectivity index (χ1v) is 11.9. The van der Waals surface area contributed by atoms with Crippen molar-refractivity contribution in [3.63, 3.8) is 0 Å². The van der Waals surface area contributed by atoms with Crippen LogP contribution in [0.15, 0.2) is 53.7 Å². The molecule has 2 saturated heterocycles. The SMILES string of the molecule is CCNC(=NCc1cccnc1N1CCN(C)CC1)N1CCN(Cc2ccccc2)CC1. The number of pyridine rings is 1. The molecule has 7 heteroatoms. The predicted octanol–water partition coefficient (Wildman–Crippen LogP) is 2.12. The third kappa shape index (κ3) is 5.99. The Balaban J connectivity index is 1.38. The smallest absolute Gasteiger partial charge is 0.194 e. The van der Waals surface area contributed by atoms with Crippen LogP contribution in [0.4, 0.5) is 5.82 Å². The maximum absolute atomic E-state index is 5.02. The molecule has 1 aromatic heterocycles. The first-order chi connectivity index (χ1) is 15.7. The van der Waals surface area contributed by atoms with Crippen molar-refractivity contribution < 1.29 is 0 Å². The van der Waals surface area contributed by atoms with Gasteiger partial charge in [-0.05, 0) is 25.6 Å². The molecule has 4 rings (SSSR count). The van der Waals surface area contributed by atoms with E-state index in [2.05, 4.69) is 75.3 Å². The van der Waals surface area contributed by atoms with Gasteiger partial charge in [-0.3, -0.25) is 4.90 Å². The van der Waals surface area contributed by atoms with Gasteiger partial charge in [0.15, 0.2) is 5.96 Å². The lowest BCUT2D eigenvalue weighted by molar-refractivity contribution is 0.172. The van der Waals surface area contributed by atoms with Crippen LogP contribution < -0.4 is 10.2 Å². The van der Waals surface area contributed by atoms with Crippen LogP contribution in [0.2, 0.25) is 0 Å². The molecular formula is C25H37N7. The molecule has 0 saturated carbocycles. The summed E-state index contributed by atoms with van der Waals surface area (Å²) in [6.45, 7) is 13.0. The summed E-state index contributed by atoms with van der Waals surface area (Å²) in [6, 6.07) is 14.9. The van der Waals surface area contributed by atoms with Crippen LogP contribution in [0.3, 0.4) is 0 Å². The second-order valence-electron chi connectivity index (χ2n) is 8.70. The minimum Gasteiger partial charge on any atom is -0.357 e. The lowest BCUT2D eigenvalue weighted by Crippen LogP contribution is -2.52. The molecule has 0 unspecified atom stereocenters. The number of guanidine groups is 1. The van der Waals surface area contributed by atoms with Gasteiger partial charge in [0.2, 0.25) is 0 Å². The average molecular weight is 436 g/mol. The van der Waals surface area contributed by atoms with E-state index in [-0.39, 0.29) is 0 Å². The zero-order valence-electron chi connectivity index (χ0n) is 19.6. The molecule has 0 radical (unpaired) electrons. The molecule has 0 atom stereocenters. The normalized spacial score (nSPS) is 18.8. The molecular weight excluding hydrogens is 398 g/mol. The average Bonchev–Trinajstić information content (AvgIpc) is 2.84. The second kappa shape index (κ2) is 11.3. The van der Waals surface area contributed by atoms with Crippen molar-refractivity contribution in [1.82, 2.24) is 25.0 Å². The van der Waals surface area contributed by atoms with E-state index in [1.54, 1.807) is 0 Å². The number of hydrogen-bond donors (Lipinski definition) is 1. The van der Waals surface area contributed by atoms with E-state index in [9.17, 15) is 0 Å². The van der Waals surface area contributed by atoms with Gasteiger partial charge in [-0.1, -0.05) is 36.4 Å². The predicted molar refractivity (Wildman–Crippen MR) is 132 cm³/mol. The topological polar surface area (TPSA) is 50.2 Å². The Hall–Kier alpha value is -2.64. The number of anilines is 1. The van der Waals surface area contributed by atoms with Gasteiger partial charge in [-0.15, -0.1) is 0 Å². The Kier molecular flexibility index (Phi) is 7.96. The highest BCUT2D eigenvalue weighted by atomic mass is 15.3. The standard InChI is InChI=1S/C25H37N7/c1-3-26-25(32-18-14-30(15-19-32)21-22-8-5-4-6-9-22)28-20-23-10-7-11-27-24(23)31-16-12-29(2)13-17-31/h4-11H,3,12-21H2,1-2H3,(H,26,28). The van der Waals surface area contributed by atoms with E-state index in [1.807, 2.05) is 12.3 Å². The van der Waals surface area contributed by atoms with Crippen molar-refractivity contribution >= 4 is 11.8 Å². The molecule has 1 aromatic carbocycles. The second-order valence-corrected chi connectivity index (χ2v) is 8.70. The summed E-state index contributed by atoms with van der Waals surface area (Å²) in [5.41, 5.74) is 2.59. The Morgan fingerprint density at radius 1 is 0.938 bits per heavy atom. The Morgan fingerprint density at radius 3 is 2.41 bits per heavy atom. The highest BCUT2D eigenvalue weighted by Gasteiger charge is 2.21. The van der Waals surface area contributed by atoms with E-state index in [4.69, 9.17) is 9.98 Å². The Morgan fingerprint density at radius 2 is 1.69 bits per heavy atom. The molecule has 172 valence electrons. The van der Waals surface area contributed by atoms with Crippen molar-refractivity contribution in [3.8, 4) is 0 Å². The number of benzene rings is 1. The molecule has 1 N–H and O–H groups in total. The molecule has 7 nitrogen and oxygen atoms in total. The van der Waals surface area contributed by atoms with E-state index < -0.39 is 0 Å². The first kappa shape index (κ1) is 22.6. The molecule has 2 aliphatic heterocycles. The van der Waals surface area contributed by atoms with Gasteiger partial charge in [-0.25, -0.2) is 9.98 Å². The van der Waals surface area contributed by atoms with Gasteiger partial charge >= 0.3 is 0 Å². The molecule has 32 heavy (non-hydrogen) atoms. The number of rotatable bonds is 6. The lowest BCUT2D eigenvalue weighted by atomic mass is 10.2. The molecule has 2 fully saturated rings. The molecule has 0 bridgehead atoms. The molecule has 0 spiro atoms. The molecule has 2 aromatic rings. The fraction of sp³-hybridized carbons (Fsp3) is 0.520. The van der Waals surface area contributed by atoms with E-state index in [1.165, 1.54) is 11.1 Å². The van der Waals surface area contributed by atoms with E-state index in [0.29, 0.717) is 6.54 Å². The lowest BCUT2D eigenvalue weighted by Gasteiger charge is -2.36. The minimum absolute atomic E-state index is 0.655. The van der Waals surface area contributed by atoms with Crippen LogP contribution in [0, 0.1) is 0 Å². The first-order valence-electron chi connectivity index (χ1n) is 11.9. The zero-order valence-corrected chi connectivity index (χ0v) is 19.6. The molecule has 0 aliphatic carbocycles. The van der Waals surface area contributed by atoms with Gasteiger partial charge in [0.05, 0.1) is 6.54 Å². The third-order valence-corrected chi connectivity index (χ3v) is 6.33. The van der Waals surface area contributed by atoms with Crippen LogP contribution in [-0.4, -0.2) is 91.6 Å². The largest absolute Gasteiger partial charge is 0.357 e. The van der Waals surface area contributed by atoms with Gasteiger partial charge in [0, 0.05) is 77.2 Å². The quantitative estimate of drug-likeness (QED) is 0.554. The van der Waals surface area contributed by atoms with Crippen molar-refractivity contribution in [3.05, 3.63) is 59.8 Å². The van der Waals surface area contributed by atoms with Crippen molar-refractivity contribution in [2.24, 2.45) is 4.99 Å². The monoisotopic (exact) mass is 435 g/mol. The number of aromatic nitrogens is 1. The maximum atomic E-state index is 5.02. The maximum Gasteiger partial charge on any atom is 0.194 e. The third-order valence-electron chi connectivity index (χ3n) is 6.33. The summed E-state index contributed by atoms with van der Waals surface area (Å²) in [5, 5.41) is 3.51. The summed E-state index contributed by atoms with van der Waals surface area (Å²) in [5.74, 6) is 2.10. The van der Waals surface area contributed by atoms with Gasteiger partial charge in [0.1, 0.15) is 5.82 Å². The van der Waals surface area contributed by atoms with E-state index >= 15 is 0 Å². The van der Waals surface area contributed by atoms with E-state index in [0.717, 1.165) is 77.2 Å². The summed E-state index contributed by atoms with van der Waals surface area (Å²) >= 11 is 0. The Labute approximate surface area is 192 Å². The van der Waals surface area contributed by atoms with Gasteiger partial charge in [0.25, 0.3) is 0 Å². The molecule has 3 heterocycles. The zero-order chi connectivity index (χ0) is 22.2. The van der Waals surface area contributed by atoms with Gasteiger partial charge < -0.3 is 20.0 Å². The number of nitrogens with zero attached hydrogens (tertiary/aromatic N) is 6. The minimum atomic E-state index is 0.655. The summed E-state index contributed by atoms with van der Waals surface area (Å²) in [7, 11) is 2.18. The van der Waals surface area contributed by atoms with Gasteiger partial charge in [-0.2, -0.15) is 0 Å². The summed E-state index contributed by atoms with van der Waals surface area (Å²) in [6.07, 6.45) is 1.90. The molecule has 0 amide bonds. The van der Waals surface area contributed by atoms with Crippen LogP contribution in [-0.2, 0) is 13.1 Å². The summed E-state index contributed by atoms with van der Waals surface area (Å²) in [4.78, 5) is 19.4. The number of nitrogens with one attached hydrogen (secondary N) is 1. The number of aliphatic imine (C=N–C) groups is 1. The van der Waals surface area contributed by atoms with Crippen LogP contribution in [0.1, 0.15) is 18.1 Å². The molecule has 2 aliphatic rings. The van der Waals surface area contributed by atoms with Crippen molar-refractivity contribution in [1.29, 1.82) is 0 Å². The fourth-order valence-electron chi connectivity index (χ4n) is 4.40. The Bertz CT molecular complexity index is 854. The van der Waals surface area contributed by atoms with Crippen LogP contribution in [0.25, 0.3) is 0 Å². The van der Waals surface area contributed by atoms with Crippen LogP contribution in [0.5, 0.6) is 0 Å². The summed E-state index contributed by atoms with van der Waals surface area (Å²) < 4.78 is 0. The highest BCUT2D eigenvalue weighted by molar-refractivity contribution is 5.80. The highest BCUT2D eigenvalue weighted by Crippen LogP contribution is 2.20. The number of likely N-dealkylation sites (N-methyl/N-ethyl adjacent to an activating group) is 1. The fourth-order valence-corrected chi connectivity index (χ4v) is 4.40. The van der Waals surface area contributed by atoms with Crippen molar-refractivity contribution in [2.45, 2.75) is 20.0 Å². The number of hydrogen-bond acceptors (Lipinski definition) is 5. The van der Waals surface area contributed by atoms with Crippen molar-refractivity contribution in [2.75, 3.05) is 70.9 Å². The number of piperazine rings is 2. The van der Waals surface area contributed by atoms with Crippen LogP contribution >= 0.6 is 0 Å².